The molecule has 1 saturated carbocycles. The van der Waals surface area contributed by atoms with Gasteiger partial charge in [0.15, 0.2) is 0 Å². The molecule has 6 nitrogen and oxygen atoms in total. The fourth-order valence-electron chi connectivity index (χ4n) is 4.21. The number of nitro groups is 1. The highest BCUT2D eigenvalue weighted by Gasteiger charge is 2.50. The molecule has 2 amide bonds. The van der Waals surface area contributed by atoms with Crippen molar-refractivity contribution in [2.45, 2.75) is 25.2 Å². The molecule has 2 aromatic carbocycles. The van der Waals surface area contributed by atoms with Gasteiger partial charge >= 0.3 is 0 Å². The molecule has 0 N–H and O–H groups in total. The minimum Gasteiger partial charge on any atom is -0.274 e. The van der Waals surface area contributed by atoms with Crippen LogP contribution in [-0.2, 0) is 9.59 Å². The van der Waals surface area contributed by atoms with E-state index in [1.807, 2.05) is 18.2 Å². The van der Waals surface area contributed by atoms with E-state index in [-0.39, 0.29) is 35.3 Å². The predicted molar refractivity (Wildman–Crippen MR) is 95.6 cm³/mol. The Morgan fingerprint density at radius 3 is 2.38 bits per heavy atom. The van der Waals surface area contributed by atoms with E-state index in [0.29, 0.717) is 18.5 Å². The monoisotopic (exact) mass is 350 g/mol. The maximum atomic E-state index is 12.9. The van der Waals surface area contributed by atoms with Crippen LogP contribution < -0.4 is 4.90 Å². The number of nitrogens with zero attached hydrogens (tertiary/aromatic N) is 2. The van der Waals surface area contributed by atoms with Crippen molar-refractivity contribution in [3.63, 3.8) is 0 Å². The van der Waals surface area contributed by atoms with E-state index in [1.165, 1.54) is 23.8 Å². The number of hydrogen-bond donors (Lipinski definition) is 0. The number of hydrogen-bond acceptors (Lipinski definition) is 4. The second kappa shape index (κ2) is 6.37. The van der Waals surface area contributed by atoms with E-state index < -0.39 is 4.92 Å². The maximum Gasteiger partial charge on any atom is 0.271 e. The maximum absolute atomic E-state index is 12.9. The van der Waals surface area contributed by atoms with Gasteiger partial charge in [0.2, 0.25) is 11.8 Å². The molecule has 1 aliphatic heterocycles. The summed E-state index contributed by atoms with van der Waals surface area (Å²) in [5.41, 5.74) is 1.36. The van der Waals surface area contributed by atoms with Crippen LogP contribution in [0.2, 0.25) is 0 Å². The second-order valence-corrected chi connectivity index (χ2v) is 6.92. The summed E-state index contributed by atoms with van der Waals surface area (Å²) in [5, 5.41) is 11.0. The number of carbonyl (C=O) groups is 2. The van der Waals surface area contributed by atoms with Crippen molar-refractivity contribution in [2.24, 2.45) is 11.8 Å². The Morgan fingerprint density at radius 1 is 0.923 bits per heavy atom. The van der Waals surface area contributed by atoms with Gasteiger partial charge in [0, 0.05) is 12.1 Å². The van der Waals surface area contributed by atoms with Crippen LogP contribution in [0.4, 0.5) is 11.4 Å². The van der Waals surface area contributed by atoms with Crippen LogP contribution in [-0.4, -0.2) is 16.7 Å². The van der Waals surface area contributed by atoms with Gasteiger partial charge in [-0.15, -0.1) is 0 Å². The van der Waals surface area contributed by atoms with E-state index >= 15 is 0 Å². The third kappa shape index (κ3) is 2.67. The van der Waals surface area contributed by atoms with Crippen LogP contribution in [0.15, 0.2) is 54.6 Å². The minimum atomic E-state index is -0.521. The molecule has 4 rings (SSSR count). The number of amides is 2. The zero-order valence-electron chi connectivity index (χ0n) is 14.1. The van der Waals surface area contributed by atoms with Gasteiger partial charge in [-0.05, 0) is 36.8 Å². The van der Waals surface area contributed by atoms with Crippen LogP contribution in [0.5, 0.6) is 0 Å². The smallest absolute Gasteiger partial charge is 0.271 e. The summed E-state index contributed by atoms with van der Waals surface area (Å²) in [6, 6.07) is 15.8. The summed E-state index contributed by atoms with van der Waals surface area (Å²) in [4.78, 5) is 37.4. The van der Waals surface area contributed by atoms with Crippen LogP contribution in [0.3, 0.4) is 0 Å². The van der Waals surface area contributed by atoms with Crippen molar-refractivity contribution >= 4 is 23.2 Å². The van der Waals surface area contributed by atoms with E-state index in [0.717, 1.165) is 11.3 Å². The SMILES string of the molecule is O=C1[C@@H]2CC[C@@H](c3ccccc3)C[C@H]2C(=O)N1c1cccc([N+](=O)[O-])c1. The molecule has 0 radical (unpaired) electrons. The fourth-order valence-corrected chi connectivity index (χ4v) is 4.21. The molecular weight excluding hydrogens is 332 g/mol. The molecule has 3 atom stereocenters. The van der Waals surface area contributed by atoms with Gasteiger partial charge in [0.25, 0.3) is 5.69 Å². The summed E-state index contributed by atoms with van der Waals surface area (Å²) >= 11 is 0. The zero-order valence-corrected chi connectivity index (χ0v) is 14.1. The number of fused-ring (bicyclic) bond motifs is 1. The molecule has 2 aliphatic rings. The van der Waals surface area contributed by atoms with E-state index in [2.05, 4.69) is 12.1 Å². The largest absolute Gasteiger partial charge is 0.274 e. The third-order valence-corrected chi connectivity index (χ3v) is 5.50. The van der Waals surface area contributed by atoms with Gasteiger partial charge in [0.05, 0.1) is 22.4 Å². The van der Waals surface area contributed by atoms with Crippen LogP contribution in [0.1, 0.15) is 30.7 Å². The Bertz CT molecular complexity index is 880. The lowest BCUT2D eigenvalue weighted by molar-refractivity contribution is -0.384. The summed E-state index contributed by atoms with van der Waals surface area (Å²) in [5.74, 6) is -0.866. The molecule has 0 spiro atoms. The third-order valence-electron chi connectivity index (χ3n) is 5.50. The van der Waals surface area contributed by atoms with Crippen molar-refractivity contribution in [2.75, 3.05) is 4.90 Å². The van der Waals surface area contributed by atoms with Crippen molar-refractivity contribution in [3.05, 3.63) is 70.3 Å². The molecule has 0 bridgehead atoms. The molecule has 6 heteroatoms. The van der Waals surface area contributed by atoms with Crippen molar-refractivity contribution in [3.8, 4) is 0 Å². The molecule has 132 valence electrons. The molecule has 26 heavy (non-hydrogen) atoms. The first kappa shape index (κ1) is 16.4. The average Bonchev–Trinajstić information content (AvgIpc) is 2.92. The lowest BCUT2D eigenvalue weighted by Crippen LogP contribution is -2.30. The van der Waals surface area contributed by atoms with E-state index in [1.54, 1.807) is 6.07 Å². The Morgan fingerprint density at radius 2 is 1.65 bits per heavy atom. The summed E-state index contributed by atoms with van der Waals surface area (Å²) < 4.78 is 0. The molecule has 2 aromatic rings. The highest BCUT2D eigenvalue weighted by molar-refractivity contribution is 6.22. The zero-order chi connectivity index (χ0) is 18.3. The number of anilines is 1. The first-order valence-corrected chi connectivity index (χ1v) is 8.73. The predicted octanol–water partition coefficient (Wildman–Crippen LogP) is 3.67. The number of carbonyl (C=O) groups excluding carboxylic acids is 2. The van der Waals surface area contributed by atoms with Crippen molar-refractivity contribution < 1.29 is 14.5 Å². The van der Waals surface area contributed by atoms with Gasteiger partial charge < -0.3 is 0 Å². The second-order valence-electron chi connectivity index (χ2n) is 6.92. The summed E-state index contributed by atoms with van der Waals surface area (Å²) in [6.45, 7) is 0. The topological polar surface area (TPSA) is 80.5 Å². The lowest BCUT2D eigenvalue weighted by atomic mass is 9.73. The summed E-state index contributed by atoms with van der Waals surface area (Å²) in [6.07, 6.45) is 2.18. The Hall–Kier alpha value is -3.02. The van der Waals surface area contributed by atoms with Crippen molar-refractivity contribution in [1.29, 1.82) is 0 Å². The molecule has 2 fully saturated rings. The first-order valence-electron chi connectivity index (χ1n) is 8.73. The van der Waals surface area contributed by atoms with E-state index in [4.69, 9.17) is 0 Å². The van der Waals surface area contributed by atoms with Crippen LogP contribution >= 0.6 is 0 Å². The normalized spacial score (nSPS) is 25.2. The quantitative estimate of drug-likeness (QED) is 0.480. The molecule has 0 unspecified atom stereocenters. The van der Waals surface area contributed by atoms with Gasteiger partial charge in [0.1, 0.15) is 0 Å². The van der Waals surface area contributed by atoms with E-state index in [9.17, 15) is 19.7 Å². The molecule has 0 aromatic heterocycles. The average molecular weight is 350 g/mol. The number of rotatable bonds is 3. The standard InChI is InChI=1S/C20H18N2O4/c23-19-17-10-9-14(13-5-2-1-3-6-13)11-18(17)20(24)21(19)15-7-4-8-16(12-15)22(25)26/h1-8,12,14,17-18H,9-11H2/t14-,17-,18-/m1/s1. The van der Waals surface area contributed by atoms with Gasteiger partial charge in [-0.2, -0.15) is 0 Å². The number of nitro benzene ring substituents is 1. The summed E-state index contributed by atoms with van der Waals surface area (Å²) in [7, 11) is 0. The number of imide groups is 1. The molecule has 1 heterocycles. The fraction of sp³-hybridized carbons (Fsp3) is 0.300. The minimum absolute atomic E-state index is 0.125. The number of benzene rings is 2. The van der Waals surface area contributed by atoms with Gasteiger partial charge in [-0.1, -0.05) is 36.4 Å². The highest BCUT2D eigenvalue weighted by Crippen LogP contribution is 2.45. The number of non-ortho nitro benzene ring substituents is 1. The Labute approximate surface area is 150 Å². The van der Waals surface area contributed by atoms with Crippen molar-refractivity contribution in [1.82, 2.24) is 0 Å². The van der Waals surface area contributed by atoms with Crippen LogP contribution in [0, 0.1) is 22.0 Å². The molecule has 1 saturated heterocycles. The lowest BCUT2D eigenvalue weighted by Gasteiger charge is -2.28. The molecule has 1 aliphatic carbocycles. The van der Waals surface area contributed by atoms with Gasteiger partial charge in [-0.3, -0.25) is 19.7 Å². The Kier molecular flexibility index (Phi) is 4.03. The van der Waals surface area contributed by atoms with Gasteiger partial charge in [-0.25, -0.2) is 4.90 Å². The molecular formula is C20H18N2O4. The first-order chi connectivity index (χ1) is 12.6. The van der Waals surface area contributed by atoms with Crippen LogP contribution in [0.25, 0.3) is 0 Å². The Balaban J connectivity index is 1.61. The highest BCUT2D eigenvalue weighted by atomic mass is 16.6.